The Morgan fingerprint density at radius 2 is 1.94 bits per heavy atom. The van der Waals surface area contributed by atoms with E-state index in [0.29, 0.717) is 12.5 Å². The standard InChI is InChI=1S/C13H14BNO2/c1-14(16)12-7-8-13(15-9-12)17-10-11-5-3-2-4-6-11/h2-9,16H,10H2,1H3. The van der Waals surface area contributed by atoms with E-state index < -0.39 is 6.92 Å². The SMILES string of the molecule is CB(O)c1ccc(OCc2ccccc2)nc1. The summed E-state index contributed by atoms with van der Waals surface area (Å²) in [5.74, 6) is 0.568. The van der Waals surface area contributed by atoms with E-state index in [0.717, 1.165) is 11.0 Å². The van der Waals surface area contributed by atoms with E-state index in [9.17, 15) is 5.02 Å². The number of rotatable bonds is 4. The Balaban J connectivity index is 1.96. The number of hydrogen-bond acceptors (Lipinski definition) is 3. The highest BCUT2D eigenvalue weighted by molar-refractivity contribution is 6.64. The van der Waals surface area contributed by atoms with Gasteiger partial charge in [-0.3, -0.25) is 0 Å². The van der Waals surface area contributed by atoms with Crippen molar-refractivity contribution < 1.29 is 9.76 Å². The zero-order valence-electron chi connectivity index (χ0n) is 9.71. The van der Waals surface area contributed by atoms with Crippen LogP contribution in [-0.4, -0.2) is 16.9 Å². The van der Waals surface area contributed by atoms with Crippen molar-refractivity contribution in [2.45, 2.75) is 13.4 Å². The molecule has 0 amide bonds. The predicted octanol–water partition coefficient (Wildman–Crippen LogP) is 1.48. The fraction of sp³-hybridized carbons (Fsp3) is 0.154. The van der Waals surface area contributed by atoms with Crippen LogP contribution in [0.15, 0.2) is 48.7 Å². The first kappa shape index (κ1) is 11.7. The number of aromatic nitrogens is 1. The molecule has 4 heteroatoms. The Kier molecular flexibility index (Phi) is 3.78. The van der Waals surface area contributed by atoms with E-state index in [2.05, 4.69) is 4.98 Å². The summed E-state index contributed by atoms with van der Waals surface area (Å²) < 4.78 is 5.53. The quantitative estimate of drug-likeness (QED) is 0.804. The van der Waals surface area contributed by atoms with E-state index in [4.69, 9.17) is 4.74 Å². The Labute approximate surface area is 101 Å². The molecule has 86 valence electrons. The average Bonchev–Trinajstić information content (AvgIpc) is 2.38. The lowest BCUT2D eigenvalue weighted by molar-refractivity contribution is 0.294. The first-order chi connectivity index (χ1) is 8.25. The van der Waals surface area contributed by atoms with Gasteiger partial charge in [-0.2, -0.15) is 0 Å². The van der Waals surface area contributed by atoms with Crippen molar-refractivity contribution in [1.82, 2.24) is 4.98 Å². The first-order valence-electron chi connectivity index (χ1n) is 5.56. The minimum Gasteiger partial charge on any atom is -0.473 e. The van der Waals surface area contributed by atoms with Crippen LogP contribution in [0.3, 0.4) is 0 Å². The van der Waals surface area contributed by atoms with Gasteiger partial charge in [0.15, 0.2) is 0 Å². The Hall–Kier alpha value is -1.81. The Morgan fingerprint density at radius 1 is 1.18 bits per heavy atom. The zero-order chi connectivity index (χ0) is 12.1. The molecule has 17 heavy (non-hydrogen) atoms. The van der Waals surface area contributed by atoms with Crippen LogP contribution in [0.4, 0.5) is 0 Å². The maximum absolute atomic E-state index is 9.34. The van der Waals surface area contributed by atoms with Gasteiger partial charge in [-0.05, 0) is 17.1 Å². The second-order valence-corrected chi connectivity index (χ2v) is 3.88. The third-order valence-corrected chi connectivity index (χ3v) is 2.47. The minimum atomic E-state index is -0.495. The molecule has 0 spiro atoms. The number of ether oxygens (including phenoxy) is 1. The summed E-state index contributed by atoms with van der Waals surface area (Å²) in [6.07, 6.45) is 1.63. The second kappa shape index (κ2) is 5.50. The highest BCUT2D eigenvalue weighted by atomic mass is 16.5. The van der Waals surface area contributed by atoms with Crippen LogP contribution in [0.25, 0.3) is 0 Å². The van der Waals surface area contributed by atoms with Crippen LogP contribution in [0.5, 0.6) is 5.88 Å². The number of hydrogen-bond donors (Lipinski definition) is 1. The molecule has 1 aromatic carbocycles. The van der Waals surface area contributed by atoms with Crippen LogP contribution in [-0.2, 0) is 6.61 Å². The monoisotopic (exact) mass is 227 g/mol. The number of nitrogens with zero attached hydrogens (tertiary/aromatic N) is 1. The number of benzene rings is 1. The van der Waals surface area contributed by atoms with Crippen molar-refractivity contribution in [2.75, 3.05) is 0 Å². The van der Waals surface area contributed by atoms with Gasteiger partial charge in [0.25, 0.3) is 0 Å². The van der Waals surface area contributed by atoms with Crippen LogP contribution in [0, 0.1) is 0 Å². The van der Waals surface area contributed by atoms with Gasteiger partial charge in [-0.1, -0.05) is 43.2 Å². The Bertz CT molecular complexity index is 457. The van der Waals surface area contributed by atoms with Gasteiger partial charge in [-0.15, -0.1) is 0 Å². The average molecular weight is 227 g/mol. The molecule has 1 N–H and O–H groups in total. The summed E-state index contributed by atoms with van der Waals surface area (Å²) >= 11 is 0. The molecule has 0 saturated carbocycles. The van der Waals surface area contributed by atoms with Gasteiger partial charge in [0, 0.05) is 6.20 Å². The van der Waals surface area contributed by atoms with Crippen molar-refractivity contribution >= 4 is 12.4 Å². The molecule has 0 fully saturated rings. The molecule has 3 nitrogen and oxygen atoms in total. The predicted molar refractivity (Wildman–Crippen MR) is 68.5 cm³/mol. The summed E-state index contributed by atoms with van der Waals surface area (Å²) in [6, 6.07) is 13.5. The molecule has 2 rings (SSSR count). The zero-order valence-corrected chi connectivity index (χ0v) is 9.71. The van der Waals surface area contributed by atoms with Crippen LogP contribution >= 0.6 is 0 Å². The molecule has 0 bridgehead atoms. The molecule has 0 aliphatic rings. The lowest BCUT2D eigenvalue weighted by Crippen LogP contribution is -2.26. The van der Waals surface area contributed by atoms with Crippen LogP contribution in [0.1, 0.15) is 5.56 Å². The van der Waals surface area contributed by atoms with Gasteiger partial charge in [-0.25, -0.2) is 4.98 Å². The van der Waals surface area contributed by atoms with E-state index in [1.165, 1.54) is 0 Å². The summed E-state index contributed by atoms with van der Waals surface area (Å²) in [4.78, 5) is 4.13. The maximum Gasteiger partial charge on any atom is 0.321 e. The molecule has 0 atom stereocenters. The van der Waals surface area contributed by atoms with E-state index in [1.807, 2.05) is 36.4 Å². The van der Waals surface area contributed by atoms with Gasteiger partial charge < -0.3 is 9.76 Å². The van der Waals surface area contributed by atoms with E-state index in [1.54, 1.807) is 19.1 Å². The third-order valence-electron chi connectivity index (χ3n) is 2.47. The molecule has 0 saturated heterocycles. The molecule has 0 unspecified atom stereocenters. The van der Waals surface area contributed by atoms with Crippen molar-refractivity contribution in [3.63, 3.8) is 0 Å². The summed E-state index contributed by atoms with van der Waals surface area (Å²) in [6.45, 7) is 1.72. The fourth-order valence-electron chi connectivity index (χ4n) is 1.46. The lowest BCUT2D eigenvalue weighted by Gasteiger charge is -2.06. The molecular formula is C13H14BNO2. The summed E-state index contributed by atoms with van der Waals surface area (Å²) in [5, 5.41) is 9.34. The normalized spacial score (nSPS) is 10.0. The van der Waals surface area contributed by atoms with Gasteiger partial charge in [0.05, 0.1) is 0 Å². The highest BCUT2D eigenvalue weighted by Gasteiger charge is 2.06. The third kappa shape index (κ3) is 3.33. The fourth-order valence-corrected chi connectivity index (χ4v) is 1.46. The molecule has 0 aliphatic carbocycles. The Morgan fingerprint density at radius 3 is 2.53 bits per heavy atom. The van der Waals surface area contributed by atoms with E-state index in [-0.39, 0.29) is 0 Å². The summed E-state index contributed by atoms with van der Waals surface area (Å²) in [5.41, 5.74) is 1.89. The van der Waals surface area contributed by atoms with Gasteiger partial charge in [0.1, 0.15) is 6.61 Å². The molecule has 0 aliphatic heterocycles. The smallest absolute Gasteiger partial charge is 0.321 e. The van der Waals surface area contributed by atoms with Crippen molar-refractivity contribution in [1.29, 1.82) is 0 Å². The maximum atomic E-state index is 9.34. The molecule has 2 aromatic rings. The lowest BCUT2D eigenvalue weighted by atomic mass is 9.65. The van der Waals surface area contributed by atoms with E-state index >= 15 is 0 Å². The van der Waals surface area contributed by atoms with Crippen LogP contribution < -0.4 is 10.2 Å². The molecule has 1 aromatic heterocycles. The van der Waals surface area contributed by atoms with Crippen molar-refractivity contribution in [3.05, 3.63) is 54.2 Å². The molecule has 1 heterocycles. The number of pyridine rings is 1. The first-order valence-corrected chi connectivity index (χ1v) is 5.56. The van der Waals surface area contributed by atoms with Crippen molar-refractivity contribution in [3.8, 4) is 5.88 Å². The van der Waals surface area contributed by atoms with Crippen LogP contribution in [0.2, 0.25) is 6.82 Å². The highest BCUT2D eigenvalue weighted by Crippen LogP contribution is 2.07. The van der Waals surface area contributed by atoms with Gasteiger partial charge >= 0.3 is 6.92 Å². The topological polar surface area (TPSA) is 42.4 Å². The molecule has 0 radical (unpaired) electrons. The van der Waals surface area contributed by atoms with Crippen molar-refractivity contribution in [2.24, 2.45) is 0 Å². The molecular weight excluding hydrogens is 213 g/mol. The van der Waals surface area contributed by atoms with Gasteiger partial charge in [0.2, 0.25) is 5.88 Å². The summed E-state index contributed by atoms with van der Waals surface area (Å²) in [7, 11) is 0. The second-order valence-electron chi connectivity index (χ2n) is 3.88. The largest absolute Gasteiger partial charge is 0.473 e. The minimum absolute atomic E-state index is 0.495.